The van der Waals surface area contributed by atoms with E-state index in [2.05, 4.69) is 24.2 Å². The van der Waals surface area contributed by atoms with E-state index in [9.17, 15) is 19.8 Å². The van der Waals surface area contributed by atoms with Crippen molar-refractivity contribution < 1.29 is 29.3 Å². The van der Waals surface area contributed by atoms with E-state index < -0.39 is 24.4 Å². The van der Waals surface area contributed by atoms with E-state index in [-0.39, 0.29) is 31.3 Å². The van der Waals surface area contributed by atoms with Gasteiger partial charge in [0.15, 0.2) is 0 Å². The number of rotatable bonds is 14. The smallest absolute Gasteiger partial charge is 0.437 e. The maximum atomic E-state index is 13.0. The van der Waals surface area contributed by atoms with Gasteiger partial charge >= 0.3 is 12.2 Å². The van der Waals surface area contributed by atoms with Gasteiger partial charge in [-0.1, -0.05) is 100 Å². The number of carbonyl (C=O) groups excluding carboxylic acids is 2. The van der Waals surface area contributed by atoms with Gasteiger partial charge < -0.3 is 24.6 Å². The van der Waals surface area contributed by atoms with Gasteiger partial charge in [-0.05, 0) is 49.7 Å². The molecule has 1 aliphatic heterocycles. The number of amides is 2. The van der Waals surface area contributed by atoms with Crippen molar-refractivity contribution in [3.8, 4) is 0 Å². The predicted molar refractivity (Wildman–Crippen MR) is 163 cm³/mol. The summed E-state index contributed by atoms with van der Waals surface area (Å²) in [4.78, 5) is 32.1. The molecule has 4 atom stereocenters. The Kier molecular flexibility index (Phi) is 14.3. The topological polar surface area (TPSA) is 121 Å². The number of guanidine groups is 1. The predicted octanol–water partition coefficient (Wildman–Crippen LogP) is 6.32. The molecule has 2 amide bonds. The maximum absolute atomic E-state index is 13.0. The second-order valence-corrected chi connectivity index (χ2v) is 11.0. The minimum Gasteiger partial charge on any atom is -0.444 e. The SMILES string of the molecule is CCCC[C@H](O)C[C@@H]1CC[C@@H](C[C@@H](O)CCCC)N1/C(=N/C(=O)OCc1ccccc1)NC(=O)OCc1ccccc1. The van der Waals surface area contributed by atoms with Crippen LogP contribution in [0.3, 0.4) is 0 Å². The summed E-state index contributed by atoms with van der Waals surface area (Å²) in [6.45, 7) is 4.25. The molecule has 1 heterocycles. The molecule has 0 aromatic heterocycles. The maximum Gasteiger partial charge on any atom is 0.437 e. The van der Waals surface area contributed by atoms with E-state index in [1.165, 1.54) is 0 Å². The number of hydrogen-bond acceptors (Lipinski definition) is 6. The molecule has 0 saturated carbocycles. The third kappa shape index (κ3) is 11.4. The van der Waals surface area contributed by atoms with Crippen LogP contribution in [0, 0.1) is 0 Å². The Morgan fingerprint density at radius 2 is 1.31 bits per heavy atom. The van der Waals surface area contributed by atoms with E-state index in [0.29, 0.717) is 25.7 Å². The highest BCUT2D eigenvalue weighted by Gasteiger charge is 2.38. The molecule has 230 valence electrons. The largest absolute Gasteiger partial charge is 0.444 e. The lowest BCUT2D eigenvalue weighted by Gasteiger charge is -2.34. The molecule has 1 aliphatic rings. The number of hydrogen-bond donors (Lipinski definition) is 3. The molecule has 0 radical (unpaired) electrons. The number of alkyl carbamates (subject to hydrolysis) is 1. The van der Waals surface area contributed by atoms with Crippen LogP contribution in [0.25, 0.3) is 0 Å². The van der Waals surface area contributed by atoms with Gasteiger partial charge in [-0.15, -0.1) is 4.99 Å². The average Bonchev–Trinajstić information content (AvgIpc) is 3.38. The van der Waals surface area contributed by atoms with Gasteiger partial charge in [-0.25, -0.2) is 9.59 Å². The minimum atomic E-state index is -0.848. The number of unbranched alkanes of at least 4 members (excludes halogenated alkanes) is 2. The molecular weight excluding hydrogens is 534 g/mol. The first kappa shape index (κ1) is 33.1. The molecule has 2 aromatic rings. The van der Waals surface area contributed by atoms with Gasteiger partial charge in [0, 0.05) is 12.1 Å². The Balaban J connectivity index is 1.83. The molecule has 3 rings (SSSR count). The van der Waals surface area contributed by atoms with Crippen molar-refractivity contribution in [2.45, 2.75) is 116 Å². The van der Waals surface area contributed by atoms with Crippen LogP contribution in [-0.4, -0.2) is 57.6 Å². The lowest BCUT2D eigenvalue weighted by Crippen LogP contribution is -2.51. The third-order valence-electron chi connectivity index (χ3n) is 7.56. The van der Waals surface area contributed by atoms with Gasteiger partial charge in [0.2, 0.25) is 5.96 Å². The zero-order chi connectivity index (χ0) is 30.2. The quantitative estimate of drug-likeness (QED) is 0.176. The van der Waals surface area contributed by atoms with Crippen molar-refractivity contribution >= 4 is 18.1 Å². The van der Waals surface area contributed by atoms with E-state index in [4.69, 9.17) is 9.47 Å². The number of ether oxygens (including phenoxy) is 2. The van der Waals surface area contributed by atoms with Crippen LogP contribution < -0.4 is 5.32 Å². The molecule has 3 N–H and O–H groups in total. The summed E-state index contributed by atoms with van der Waals surface area (Å²) in [5.41, 5.74) is 1.64. The van der Waals surface area contributed by atoms with E-state index in [0.717, 1.165) is 49.7 Å². The average molecular weight is 582 g/mol. The highest BCUT2D eigenvalue weighted by Crippen LogP contribution is 2.32. The Morgan fingerprint density at radius 1 is 0.833 bits per heavy atom. The van der Waals surface area contributed by atoms with Gasteiger partial charge in [-0.2, -0.15) is 0 Å². The van der Waals surface area contributed by atoms with Gasteiger partial charge in [-0.3, -0.25) is 5.32 Å². The van der Waals surface area contributed by atoms with Crippen molar-refractivity contribution in [2.24, 2.45) is 4.99 Å². The van der Waals surface area contributed by atoms with E-state index >= 15 is 0 Å². The summed E-state index contributed by atoms with van der Waals surface area (Å²) in [6.07, 6.45) is 4.82. The fourth-order valence-corrected chi connectivity index (χ4v) is 5.35. The minimum absolute atomic E-state index is 0.0176. The van der Waals surface area contributed by atoms with Crippen LogP contribution in [0.15, 0.2) is 65.7 Å². The second kappa shape index (κ2) is 18.2. The summed E-state index contributed by atoms with van der Waals surface area (Å²) in [7, 11) is 0. The highest BCUT2D eigenvalue weighted by molar-refractivity contribution is 5.99. The highest BCUT2D eigenvalue weighted by atomic mass is 16.6. The molecule has 2 aromatic carbocycles. The van der Waals surface area contributed by atoms with Crippen LogP contribution in [0.2, 0.25) is 0 Å². The van der Waals surface area contributed by atoms with Crippen molar-refractivity contribution in [1.82, 2.24) is 10.2 Å². The molecule has 42 heavy (non-hydrogen) atoms. The summed E-state index contributed by atoms with van der Waals surface area (Å²) in [6, 6.07) is 18.2. The van der Waals surface area contributed by atoms with Crippen molar-refractivity contribution in [3.05, 3.63) is 71.8 Å². The van der Waals surface area contributed by atoms with Gasteiger partial charge in [0.1, 0.15) is 13.2 Å². The zero-order valence-electron chi connectivity index (χ0n) is 25.0. The second-order valence-electron chi connectivity index (χ2n) is 11.0. The third-order valence-corrected chi connectivity index (χ3v) is 7.56. The molecular formula is C33H47N3O6. The normalized spacial score (nSPS) is 18.4. The number of carbonyl (C=O) groups is 2. The molecule has 1 fully saturated rings. The summed E-state index contributed by atoms with van der Waals surface area (Å²) < 4.78 is 10.9. The molecule has 0 aliphatic carbocycles. The number of nitrogens with zero attached hydrogens (tertiary/aromatic N) is 2. The number of aliphatic hydroxyl groups excluding tert-OH is 2. The fourth-order valence-electron chi connectivity index (χ4n) is 5.35. The van der Waals surface area contributed by atoms with Crippen LogP contribution in [0.1, 0.15) is 89.2 Å². The summed E-state index contributed by atoms with van der Waals surface area (Å²) in [5.74, 6) is 0.0176. The lowest BCUT2D eigenvalue weighted by atomic mass is 10.0. The first-order chi connectivity index (χ1) is 20.4. The Labute approximate surface area is 249 Å². The number of aliphatic imine (C=N–C) groups is 1. The number of nitrogens with one attached hydrogen (secondary N) is 1. The number of benzene rings is 2. The van der Waals surface area contributed by atoms with Crippen molar-refractivity contribution in [1.29, 1.82) is 0 Å². The molecule has 9 heteroatoms. The monoisotopic (exact) mass is 581 g/mol. The standard InChI is InChI=1S/C33H47N3O6/c1-3-5-17-29(37)21-27-19-20-28(22-30(38)18-6-4-2)36(27)31(34-32(39)41-23-25-13-9-7-10-14-25)35-33(40)42-24-26-15-11-8-12-16-26/h7-16,27-30,37-38H,3-6,17-24H2,1-2H3,(H,34,35,39,40)/t27-,28-,29-,30-/m0/s1. The van der Waals surface area contributed by atoms with Crippen LogP contribution in [-0.2, 0) is 22.7 Å². The molecule has 9 nitrogen and oxygen atoms in total. The van der Waals surface area contributed by atoms with Crippen molar-refractivity contribution in [2.75, 3.05) is 0 Å². The Hall–Kier alpha value is -3.43. The number of aliphatic hydroxyl groups is 2. The first-order valence-electron chi connectivity index (χ1n) is 15.3. The van der Waals surface area contributed by atoms with E-state index in [1.54, 1.807) is 0 Å². The van der Waals surface area contributed by atoms with Crippen LogP contribution in [0.4, 0.5) is 9.59 Å². The van der Waals surface area contributed by atoms with E-state index in [1.807, 2.05) is 65.6 Å². The van der Waals surface area contributed by atoms with Crippen LogP contribution in [0.5, 0.6) is 0 Å². The van der Waals surface area contributed by atoms with Crippen LogP contribution >= 0.6 is 0 Å². The Morgan fingerprint density at radius 3 is 1.79 bits per heavy atom. The summed E-state index contributed by atoms with van der Waals surface area (Å²) >= 11 is 0. The number of likely N-dealkylation sites (tertiary alicyclic amines) is 1. The van der Waals surface area contributed by atoms with Gasteiger partial charge in [0.25, 0.3) is 0 Å². The molecule has 0 spiro atoms. The van der Waals surface area contributed by atoms with Gasteiger partial charge in [0.05, 0.1) is 12.2 Å². The first-order valence-corrected chi connectivity index (χ1v) is 15.3. The Bertz CT molecular complexity index is 1070. The molecule has 0 unspecified atom stereocenters. The lowest BCUT2D eigenvalue weighted by molar-refractivity contribution is 0.101. The zero-order valence-corrected chi connectivity index (χ0v) is 25.0. The van der Waals surface area contributed by atoms with Crippen molar-refractivity contribution in [3.63, 3.8) is 0 Å². The fraction of sp³-hybridized carbons (Fsp3) is 0.545. The molecule has 0 bridgehead atoms. The molecule has 1 saturated heterocycles. The summed E-state index contributed by atoms with van der Waals surface area (Å²) in [5, 5.41) is 24.3.